The highest BCUT2D eigenvalue weighted by Gasteiger charge is 2.28. The highest BCUT2D eigenvalue weighted by Crippen LogP contribution is 2.43. The highest BCUT2D eigenvalue weighted by atomic mass is 19.1. The van der Waals surface area contributed by atoms with Crippen molar-refractivity contribution in [1.82, 2.24) is 0 Å². The molecule has 0 amide bonds. The van der Waals surface area contributed by atoms with Gasteiger partial charge in [-0.25, -0.2) is 13.2 Å². The third-order valence-corrected chi connectivity index (χ3v) is 9.12. The van der Waals surface area contributed by atoms with E-state index in [1.54, 1.807) is 13.2 Å². The number of hydrogen-bond donors (Lipinski definition) is 1. The predicted molar refractivity (Wildman–Crippen MR) is 166 cm³/mol. The van der Waals surface area contributed by atoms with Crippen molar-refractivity contribution in [3.63, 3.8) is 0 Å². The minimum Gasteiger partial charge on any atom is -0.396 e. The van der Waals surface area contributed by atoms with Gasteiger partial charge in [-0.05, 0) is 128 Å². The van der Waals surface area contributed by atoms with Gasteiger partial charge in [0.05, 0.1) is 0 Å². The lowest BCUT2D eigenvalue weighted by Gasteiger charge is -2.30. The minimum atomic E-state index is -0.497. The van der Waals surface area contributed by atoms with Crippen LogP contribution in [0.15, 0.2) is 54.6 Å². The summed E-state index contributed by atoms with van der Waals surface area (Å²) < 4.78 is 51.1. The molecule has 42 heavy (non-hydrogen) atoms. The van der Waals surface area contributed by atoms with Crippen molar-refractivity contribution in [2.75, 3.05) is 20.3 Å². The van der Waals surface area contributed by atoms with Crippen LogP contribution in [0.1, 0.15) is 118 Å². The molecule has 2 nitrogen and oxygen atoms in total. The molecule has 3 aromatic rings. The molecule has 0 bridgehead atoms. The molecular formula is C37H47F3O2. The van der Waals surface area contributed by atoms with Gasteiger partial charge in [0.25, 0.3) is 0 Å². The molecule has 3 aromatic carbocycles. The van der Waals surface area contributed by atoms with E-state index in [1.807, 2.05) is 12.1 Å². The largest absolute Gasteiger partial charge is 0.396 e. The second kappa shape index (κ2) is 16.3. The molecule has 0 radical (unpaired) electrons. The van der Waals surface area contributed by atoms with E-state index < -0.39 is 11.6 Å². The van der Waals surface area contributed by atoms with E-state index in [4.69, 9.17) is 4.74 Å². The second-order valence-electron chi connectivity index (χ2n) is 12.0. The molecule has 1 aliphatic rings. The molecular weight excluding hydrogens is 533 g/mol. The van der Waals surface area contributed by atoms with Gasteiger partial charge in [0.15, 0.2) is 0 Å². The third kappa shape index (κ3) is 8.48. The van der Waals surface area contributed by atoms with E-state index in [0.29, 0.717) is 37.9 Å². The average molecular weight is 581 g/mol. The van der Waals surface area contributed by atoms with Gasteiger partial charge in [0.2, 0.25) is 0 Å². The zero-order valence-corrected chi connectivity index (χ0v) is 25.3. The van der Waals surface area contributed by atoms with Gasteiger partial charge < -0.3 is 9.84 Å². The molecule has 4 rings (SSSR count). The molecule has 0 spiro atoms. The van der Waals surface area contributed by atoms with Crippen LogP contribution in [0, 0.1) is 17.5 Å². The van der Waals surface area contributed by atoms with Crippen LogP contribution in [-0.2, 0) is 11.2 Å². The first-order chi connectivity index (χ1) is 20.4. The fourth-order valence-corrected chi connectivity index (χ4v) is 6.69. The number of hydrogen-bond acceptors (Lipinski definition) is 2. The smallest absolute Gasteiger partial charge is 0.129 e. The summed E-state index contributed by atoms with van der Waals surface area (Å²) >= 11 is 0. The molecule has 1 aliphatic carbocycles. The molecule has 0 heterocycles. The first kappa shape index (κ1) is 32.3. The molecule has 228 valence electrons. The number of ether oxygens (including phenoxy) is 1. The van der Waals surface area contributed by atoms with E-state index in [9.17, 15) is 5.11 Å². The Balaban J connectivity index is 1.39. The van der Waals surface area contributed by atoms with E-state index in [-0.39, 0.29) is 35.7 Å². The lowest BCUT2D eigenvalue weighted by Crippen LogP contribution is -2.15. The monoisotopic (exact) mass is 580 g/mol. The Bertz CT molecular complexity index is 1230. The summed E-state index contributed by atoms with van der Waals surface area (Å²) in [4.78, 5) is 0. The number of aliphatic hydroxyl groups is 1. The summed E-state index contributed by atoms with van der Waals surface area (Å²) in [5.74, 6) is -1.29. The highest BCUT2D eigenvalue weighted by molar-refractivity contribution is 5.64. The van der Waals surface area contributed by atoms with Crippen LogP contribution in [0.25, 0.3) is 11.1 Å². The molecule has 0 saturated heterocycles. The summed E-state index contributed by atoms with van der Waals surface area (Å²) in [6, 6.07) is 17.1. The van der Waals surface area contributed by atoms with Gasteiger partial charge >= 0.3 is 0 Å². The molecule has 1 N–H and O–H groups in total. The normalized spacial score (nSPS) is 17.9. The first-order valence-corrected chi connectivity index (χ1v) is 15.9. The van der Waals surface area contributed by atoms with Crippen molar-refractivity contribution in [3.05, 3.63) is 94.3 Å². The average Bonchev–Trinajstić information content (AvgIpc) is 3.00. The summed E-state index contributed by atoms with van der Waals surface area (Å²) in [7, 11) is 1.62. The van der Waals surface area contributed by atoms with Gasteiger partial charge in [-0.2, -0.15) is 0 Å². The number of aryl methyl sites for hydroxylation is 1. The molecule has 5 heteroatoms. The van der Waals surface area contributed by atoms with Crippen molar-refractivity contribution < 1.29 is 23.0 Å². The van der Waals surface area contributed by atoms with Crippen molar-refractivity contribution in [2.45, 2.75) is 102 Å². The Kier molecular flexibility index (Phi) is 12.5. The van der Waals surface area contributed by atoms with Crippen LogP contribution in [-0.4, -0.2) is 25.4 Å². The van der Waals surface area contributed by atoms with Gasteiger partial charge in [-0.15, -0.1) is 0 Å². The van der Waals surface area contributed by atoms with E-state index >= 15 is 13.2 Å². The number of unbranched alkanes of at least 4 members (excludes halogenated alkanes) is 2. The summed E-state index contributed by atoms with van der Waals surface area (Å²) in [5, 5.41) is 9.28. The standard InChI is InChI=1S/C37H47F3O2/c1-3-4-5-8-26-11-13-27(14-12-26)31-19-20-33(34(38)23-31)29-17-15-28(16-18-29)32-24-35(39)37(36(40)25-32)30(9-6-21-41)10-7-22-42-2/h11-14,19-20,23-25,28-30,41H,3-10,15-18,21-22H2,1-2H3. The fourth-order valence-electron chi connectivity index (χ4n) is 6.69. The second-order valence-corrected chi connectivity index (χ2v) is 12.0. The molecule has 1 saturated carbocycles. The predicted octanol–water partition coefficient (Wildman–Crippen LogP) is 10.2. The van der Waals surface area contributed by atoms with Crippen LogP contribution >= 0.6 is 0 Å². The maximum Gasteiger partial charge on any atom is 0.129 e. The summed E-state index contributed by atoms with van der Waals surface area (Å²) in [5.41, 5.74) is 4.79. The molecule has 1 fully saturated rings. The van der Waals surface area contributed by atoms with Crippen molar-refractivity contribution in [2.24, 2.45) is 0 Å². The van der Waals surface area contributed by atoms with E-state index in [0.717, 1.165) is 48.8 Å². The maximum atomic E-state index is 15.3. The lowest BCUT2D eigenvalue weighted by molar-refractivity contribution is 0.188. The van der Waals surface area contributed by atoms with Crippen molar-refractivity contribution >= 4 is 0 Å². The number of aliphatic hydroxyl groups excluding tert-OH is 1. The van der Waals surface area contributed by atoms with Gasteiger partial charge in [-0.3, -0.25) is 0 Å². The zero-order valence-electron chi connectivity index (χ0n) is 25.3. The number of rotatable bonds is 15. The quantitative estimate of drug-likeness (QED) is 0.181. The maximum absolute atomic E-state index is 15.3. The molecule has 1 unspecified atom stereocenters. The Morgan fingerprint density at radius 2 is 1.40 bits per heavy atom. The Morgan fingerprint density at radius 1 is 0.762 bits per heavy atom. The Morgan fingerprint density at radius 3 is 2.02 bits per heavy atom. The van der Waals surface area contributed by atoms with E-state index in [2.05, 4.69) is 31.2 Å². The van der Waals surface area contributed by atoms with Crippen LogP contribution < -0.4 is 0 Å². The number of methoxy groups -OCH3 is 1. The molecule has 0 aromatic heterocycles. The van der Waals surface area contributed by atoms with Crippen LogP contribution in [0.2, 0.25) is 0 Å². The van der Waals surface area contributed by atoms with Gasteiger partial charge in [-0.1, -0.05) is 56.2 Å². The van der Waals surface area contributed by atoms with Crippen molar-refractivity contribution in [3.8, 4) is 11.1 Å². The molecule has 1 atom stereocenters. The summed E-state index contributed by atoms with van der Waals surface area (Å²) in [6.45, 7) is 2.74. The van der Waals surface area contributed by atoms with Gasteiger partial charge in [0.1, 0.15) is 17.5 Å². The SMILES string of the molecule is CCCCCc1ccc(-c2ccc(C3CCC(c4cc(F)c(C(CCCO)CCCOC)c(F)c4)CC3)c(F)c2)cc1. The Labute approximate surface area is 250 Å². The third-order valence-electron chi connectivity index (χ3n) is 9.12. The zero-order chi connectivity index (χ0) is 29.9. The van der Waals surface area contributed by atoms with E-state index in [1.165, 1.54) is 37.0 Å². The summed E-state index contributed by atoms with van der Waals surface area (Å²) in [6.07, 6.45) is 10.2. The first-order valence-electron chi connectivity index (χ1n) is 15.9. The number of benzene rings is 3. The van der Waals surface area contributed by atoms with Crippen LogP contribution in [0.5, 0.6) is 0 Å². The van der Waals surface area contributed by atoms with Gasteiger partial charge in [0, 0.05) is 25.9 Å². The lowest BCUT2D eigenvalue weighted by atomic mass is 9.75. The van der Waals surface area contributed by atoms with Crippen molar-refractivity contribution in [1.29, 1.82) is 0 Å². The molecule has 0 aliphatic heterocycles. The van der Waals surface area contributed by atoms with Crippen LogP contribution in [0.4, 0.5) is 13.2 Å². The Hall–Kier alpha value is -2.63. The van der Waals surface area contributed by atoms with Crippen LogP contribution in [0.3, 0.4) is 0 Å². The fraction of sp³-hybridized carbons (Fsp3) is 0.514. The number of halogens is 3. The topological polar surface area (TPSA) is 29.5 Å². The minimum absolute atomic E-state index is 0.000943.